The van der Waals surface area contributed by atoms with Crippen LogP contribution in [0.25, 0.3) is 0 Å². The van der Waals surface area contributed by atoms with Crippen LogP contribution in [0.3, 0.4) is 0 Å². The van der Waals surface area contributed by atoms with Crippen LogP contribution in [0.2, 0.25) is 0 Å². The number of aromatic nitrogens is 2. The number of hydrogen-bond acceptors (Lipinski definition) is 6. The molecule has 0 spiro atoms. The quantitative estimate of drug-likeness (QED) is 0.817. The first-order valence-corrected chi connectivity index (χ1v) is 9.08. The van der Waals surface area contributed by atoms with Crippen molar-refractivity contribution in [3.63, 3.8) is 0 Å². The number of nitrogens with zero attached hydrogens (tertiary/aromatic N) is 2. The maximum atomic E-state index is 11.4. The molecule has 2 heterocycles. The molecule has 20 heavy (non-hydrogen) atoms. The Balaban J connectivity index is 1.84. The van der Waals surface area contributed by atoms with Crippen LogP contribution in [-0.2, 0) is 16.3 Å². The van der Waals surface area contributed by atoms with Gasteiger partial charge in [0.15, 0.2) is 15.7 Å². The summed E-state index contributed by atoms with van der Waals surface area (Å²) in [6.45, 7) is 5.28. The Morgan fingerprint density at radius 2 is 2.30 bits per heavy atom. The predicted molar refractivity (Wildman–Crippen MR) is 76.4 cm³/mol. The van der Waals surface area contributed by atoms with Crippen LogP contribution < -0.4 is 5.32 Å². The molecule has 114 valence electrons. The van der Waals surface area contributed by atoms with Crippen molar-refractivity contribution in [2.24, 2.45) is 0 Å². The average molecular weight is 301 g/mol. The minimum Gasteiger partial charge on any atom is -0.339 e. The van der Waals surface area contributed by atoms with Crippen molar-refractivity contribution < 1.29 is 12.9 Å². The lowest BCUT2D eigenvalue weighted by Gasteiger charge is -2.10. The van der Waals surface area contributed by atoms with E-state index in [1.54, 1.807) is 0 Å². The highest BCUT2D eigenvalue weighted by Gasteiger charge is 2.32. The predicted octanol–water partition coefficient (Wildman–Crippen LogP) is 1.29. The molecular formula is C13H23N3O3S. The van der Waals surface area contributed by atoms with Gasteiger partial charge in [-0.15, -0.1) is 0 Å². The summed E-state index contributed by atoms with van der Waals surface area (Å²) in [4.78, 5) is 4.34. The summed E-state index contributed by atoms with van der Waals surface area (Å²) in [7, 11) is -2.90. The van der Waals surface area contributed by atoms with Gasteiger partial charge in [0.2, 0.25) is 5.89 Å². The molecule has 1 aliphatic heterocycles. The zero-order valence-corrected chi connectivity index (χ0v) is 12.9. The third kappa shape index (κ3) is 4.28. The van der Waals surface area contributed by atoms with Crippen LogP contribution in [0.5, 0.6) is 0 Å². The Bertz CT molecular complexity index is 527. The Morgan fingerprint density at radius 1 is 1.50 bits per heavy atom. The molecular weight excluding hydrogens is 278 g/mol. The third-order valence-corrected chi connectivity index (χ3v) is 5.38. The van der Waals surface area contributed by atoms with E-state index in [0.29, 0.717) is 24.2 Å². The monoisotopic (exact) mass is 301 g/mol. The minimum absolute atomic E-state index is 0.0897. The van der Waals surface area contributed by atoms with Crippen molar-refractivity contribution in [1.29, 1.82) is 0 Å². The lowest BCUT2D eigenvalue weighted by molar-refractivity contribution is 0.360. The van der Waals surface area contributed by atoms with Gasteiger partial charge < -0.3 is 9.84 Å². The van der Waals surface area contributed by atoms with E-state index in [2.05, 4.69) is 29.3 Å². The molecule has 1 saturated heterocycles. The molecule has 1 fully saturated rings. The second-order valence-electron chi connectivity index (χ2n) is 5.54. The zero-order valence-electron chi connectivity index (χ0n) is 12.1. The van der Waals surface area contributed by atoms with E-state index in [1.165, 1.54) is 0 Å². The standard InChI is InChI=1S/C13H23N3O3S/c1-3-7-14-10(2)4-5-12-15-13(16-19-12)11-6-8-20(17,18)9-11/h10-11,14H,3-9H2,1-2H3. The fraction of sp³-hybridized carbons (Fsp3) is 0.846. The van der Waals surface area contributed by atoms with Gasteiger partial charge in [0.1, 0.15) is 0 Å². The highest BCUT2D eigenvalue weighted by atomic mass is 32.2. The fourth-order valence-electron chi connectivity index (χ4n) is 2.37. The van der Waals surface area contributed by atoms with Crippen molar-refractivity contribution >= 4 is 9.84 Å². The highest BCUT2D eigenvalue weighted by Crippen LogP contribution is 2.26. The largest absolute Gasteiger partial charge is 0.339 e. The van der Waals surface area contributed by atoms with E-state index < -0.39 is 9.84 Å². The first-order chi connectivity index (χ1) is 9.50. The molecule has 0 aromatic carbocycles. The molecule has 1 aromatic heterocycles. The smallest absolute Gasteiger partial charge is 0.226 e. The van der Waals surface area contributed by atoms with E-state index in [-0.39, 0.29) is 17.4 Å². The van der Waals surface area contributed by atoms with Gasteiger partial charge in [0.05, 0.1) is 11.5 Å². The fourth-order valence-corrected chi connectivity index (χ4v) is 4.11. The molecule has 2 unspecified atom stereocenters. The maximum Gasteiger partial charge on any atom is 0.226 e. The molecule has 0 radical (unpaired) electrons. The van der Waals surface area contributed by atoms with Crippen molar-refractivity contribution in [2.75, 3.05) is 18.1 Å². The van der Waals surface area contributed by atoms with E-state index in [1.807, 2.05) is 0 Å². The zero-order chi connectivity index (χ0) is 14.6. The topological polar surface area (TPSA) is 85.1 Å². The highest BCUT2D eigenvalue weighted by molar-refractivity contribution is 7.91. The molecule has 1 aliphatic rings. The van der Waals surface area contributed by atoms with Crippen molar-refractivity contribution in [1.82, 2.24) is 15.5 Å². The maximum absolute atomic E-state index is 11.4. The summed E-state index contributed by atoms with van der Waals surface area (Å²) in [5, 5.41) is 7.34. The molecule has 0 amide bonds. The number of nitrogens with one attached hydrogen (secondary N) is 1. The number of sulfone groups is 1. The van der Waals surface area contributed by atoms with Crippen molar-refractivity contribution in [3.8, 4) is 0 Å². The van der Waals surface area contributed by atoms with Crippen molar-refractivity contribution in [3.05, 3.63) is 11.7 Å². The van der Waals surface area contributed by atoms with Gasteiger partial charge >= 0.3 is 0 Å². The van der Waals surface area contributed by atoms with Gasteiger partial charge in [0.25, 0.3) is 0 Å². The SMILES string of the molecule is CCCNC(C)CCc1nc(C2CCS(=O)(=O)C2)no1. The summed E-state index contributed by atoms with van der Waals surface area (Å²) >= 11 is 0. The number of rotatable bonds is 7. The average Bonchev–Trinajstić information content (AvgIpc) is 3.00. The van der Waals surface area contributed by atoms with Gasteiger partial charge in [-0.25, -0.2) is 8.42 Å². The van der Waals surface area contributed by atoms with E-state index in [9.17, 15) is 8.42 Å². The van der Waals surface area contributed by atoms with E-state index in [0.717, 1.165) is 25.8 Å². The van der Waals surface area contributed by atoms with Crippen LogP contribution in [0.1, 0.15) is 50.7 Å². The Morgan fingerprint density at radius 3 is 2.95 bits per heavy atom. The van der Waals surface area contributed by atoms with Crippen LogP contribution in [0, 0.1) is 0 Å². The summed E-state index contributed by atoms with van der Waals surface area (Å²) in [5.41, 5.74) is 0. The number of aryl methyl sites for hydroxylation is 1. The normalized spacial score (nSPS) is 23.0. The van der Waals surface area contributed by atoms with Gasteiger partial charge in [-0.05, 0) is 32.7 Å². The van der Waals surface area contributed by atoms with Gasteiger partial charge in [-0.2, -0.15) is 4.98 Å². The minimum atomic E-state index is -2.90. The first kappa shape index (κ1) is 15.4. The lowest BCUT2D eigenvalue weighted by atomic mass is 10.1. The number of hydrogen-bond donors (Lipinski definition) is 1. The van der Waals surface area contributed by atoms with Crippen LogP contribution in [0.4, 0.5) is 0 Å². The molecule has 0 bridgehead atoms. The summed E-state index contributed by atoms with van der Waals surface area (Å²) in [5.74, 6) is 1.46. The van der Waals surface area contributed by atoms with E-state index >= 15 is 0 Å². The van der Waals surface area contributed by atoms with E-state index in [4.69, 9.17) is 4.52 Å². The third-order valence-electron chi connectivity index (χ3n) is 3.62. The van der Waals surface area contributed by atoms with Gasteiger partial charge in [-0.3, -0.25) is 0 Å². The Labute approximate surface area is 120 Å². The summed E-state index contributed by atoms with van der Waals surface area (Å²) < 4.78 is 28.1. The van der Waals surface area contributed by atoms with Gasteiger partial charge in [0, 0.05) is 18.4 Å². The molecule has 2 rings (SSSR count). The second kappa shape index (κ2) is 6.67. The molecule has 2 atom stereocenters. The second-order valence-corrected chi connectivity index (χ2v) is 7.77. The molecule has 0 saturated carbocycles. The molecule has 1 N–H and O–H groups in total. The van der Waals surface area contributed by atoms with Crippen LogP contribution in [-0.4, -0.2) is 42.7 Å². The first-order valence-electron chi connectivity index (χ1n) is 7.26. The molecule has 0 aliphatic carbocycles. The molecule has 6 nitrogen and oxygen atoms in total. The van der Waals surface area contributed by atoms with Crippen LogP contribution >= 0.6 is 0 Å². The molecule has 1 aromatic rings. The van der Waals surface area contributed by atoms with Crippen LogP contribution in [0.15, 0.2) is 4.52 Å². The summed E-state index contributed by atoms with van der Waals surface area (Å²) in [6, 6.07) is 0.414. The molecule has 7 heteroatoms. The Kier molecular flexibility index (Phi) is 5.15. The summed E-state index contributed by atoms with van der Waals surface area (Å²) in [6.07, 6.45) is 3.38. The van der Waals surface area contributed by atoms with Crippen molar-refractivity contribution in [2.45, 2.75) is 51.5 Å². The Hall–Kier alpha value is -0.950. The van der Waals surface area contributed by atoms with Gasteiger partial charge in [-0.1, -0.05) is 12.1 Å². The lowest BCUT2D eigenvalue weighted by Crippen LogP contribution is -2.27.